The minimum absolute atomic E-state index is 0.0529. The summed E-state index contributed by atoms with van der Waals surface area (Å²) in [7, 11) is 0. The topological polar surface area (TPSA) is 55.0 Å². The summed E-state index contributed by atoms with van der Waals surface area (Å²) in [6.07, 6.45) is 3.89. The molecule has 0 saturated carbocycles. The van der Waals surface area contributed by atoms with Gasteiger partial charge in [-0.05, 0) is 55.2 Å². The van der Waals surface area contributed by atoms with Crippen molar-refractivity contribution in [2.45, 2.75) is 45.1 Å². The normalized spacial score (nSPS) is 24.9. The molecule has 0 spiro atoms. The predicted molar refractivity (Wildman–Crippen MR) is 74.1 cm³/mol. The smallest absolute Gasteiger partial charge is 0.264 e. The largest absolute Gasteiger partial charge is 0.367 e. The van der Waals surface area contributed by atoms with Gasteiger partial charge in [0, 0.05) is 6.61 Å². The van der Waals surface area contributed by atoms with Crippen LogP contribution in [-0.2, 0) is 16.8 Å². The fourth-order valence-electron chi connectivity index (χ4n) is 2.11. The second-order valence-electron chi connectivity index (χ2n) is 4.57. The minimum atomic E-state index is -0.425. The Morgan fingerprint density at radius 2 is 2.29 bits per heavy atom. The first kappa shape index (κ1) is 13.0. The molecule has 1 N–H and O–H groups in total. The van der Waals surface area contributed by atoms with Crippen molar-refractivity contribution in [3.63, 3.8) is 0 Å². The monoisotopic (exact) mass is 348 g/mol. The van der Waals surface area contributed by atoms with Crippen LogP contribution in [0.15, 0.2) is 4.79 Å². The highest BCUT2D eigenvalue weighted by Crippen LogP contribution is 2.32. The zero-order valence-electron chi connectivity index (χ0n) is 10.2. The predicted octanol–water partition coefficient (Wildman–Crippen LogP) is 2.35. The molecule has 1 aliphatic rings. The van der Waals surface area contributed by atoms with Gasteiger partial charge in [-0.25, -0.2) is 4.98 Å². The molecular weight excluding hydrogens is 331 g/mol. The number of hydrogen-bond acceptors (Lipinski definition) is 3. The number of aryl methyl sites for hydroxylation is 1. The Hall–Kier alpha value is -0.430. The van der Waals surface area contributed by atoms with E-state index in [1.807, 2.05) is 13.8 Å². The van der Waals surface area contributed by atoms with Crippen molar-refractivity contribution in [3.8, 4) is 0 Å². The molecule has 0 bridgehead atoms. The number of rotatable bonds is 2. The Kier molecular flexibility index (Phi) is 3.87. The molecule has 1 atom stereocenters. The fraction of sp³-hybridized carbons (Fsp3) is 0.667. The van der Waals surface area contributed by atoms with Crippen LogP contribution >= 0.6 is 22.6 Å². The van der Waals surface area contributed by atoms with Gasteiger partial charge < -0.3 is 9.72 Å². The van der Waals surface area contributed by atoms with E-state index < -0.39 is 5.60 Å². The van der Waals surface area contributed by atoms with Gasteiger partial charge in [0.15, 0.2) is 0 Å². The Bertz CT molecular complexity index is 464. The highest BCUT2D eigenvalue weighted by atomic mass is 127. The molecule has 94 valence electrons. The number of hydrogen-bond donors (Lipinski definition) is 1. The second kappa shape index (κ2) is 5.06. The molecule has 0 aliphatic carbocycles. The molecule has 1 saturated heterocycles. The molecule has 0 amide bonds. The number of aromatic amines is 1. The molecule has 1 aromatic heterocycles. The molecule has 4 nitrogen and oxygen atoms in total. The Labute approximate surface area is 114 Å². The van der Waals surface area contributed by atoms with E-state index >= 15 is 0 Å². The second-order valence-corrected chi connectivity index (χ2v) is 5.64. The van der Waals surface area contributed by atoms with Crippen molar-refractivity contribution < 1.29 is 4.74 Å². The van der Waals surface area contributed by atoms with Gasteiger partial charge >= 0.3 is 0 Å². The number of halogens is 1. The fourth-order valence-corrected chi connectivity index (χ4v) is 2.75. The summed E-state index contributed by atoms with van der Waals surface area (Å²) in [5, 5.41) is 0. The van der Waals surface area contributed by atoms with E-state index in [-0.39, 0.29) is 5.56 Å². The summed E-state index contributed by atoms with van der Waals surface area (Å²) in [6, 6.07) is 0. The molecule has 1 fully saturated rings. The van der Waals surface area contributed by atoms with E-state index in [0.29, 0.717) is 9.39 Å². The molecule has 0 aromatic carbocycles. The number of aromatic nitrogens is 2. The summed E-state index contributed by atoms with van der Waals surface area (Å²) >= 11 is 2.05. The van der Waals surface area contributed by atoms with E-state index in [4.69, 9.17) is 4.74 Å². The van der Waals surface area contributed by atoms with Gasteiger partial charge in [-0.1, -0.05) is 6.92 Å². The lowest BCUT2D eigenvalue weighted by molar-refractivity contribution is -0.0763. The summed E-state index contributed by atoms with van der Waals surface area (Å²) in [5.74, 6) is 0.680. The molecule has 1 aromatic rings. The third kappa shape index (κ3) is 2.54. The average Bonchev–Trinajstić information content (AvgIpc) is 2.33. The van der Waals surface area contributed by atoms with Gasteiger partial charge in [-0.15, -0.1) is 0 Å². The van der Waals surface area contributed by atoms with Crippen LogP contribution in [0.4, 0.5) is 0 Å². The van der Waals surface area contributed by atoms with Crippen LogP contribution in [0.5, 0.6) is 0 Å². The van der Waals surface area contributed by atoms with E-state index in [2.05, 4.69) is 32.6 Å². The first-order valence-electron chi connectivity index (χ1n) is 6.00. The highest BCUT2D eigenvalue weighted by Gasteiger charge is 2.33. The van der Waals surface area contributed by atoms with Crippen LogP contribution in [0.3, 0.4) is 0 Å². The van der Waals surface area contributed by atoms with Crippen molar-refractivity contribution in [2.75, 3.05) is 6.61 Å². The van der Waals surface area contributed by atoms with Gasteiger partial charge in [-0.3, -0.25) is 4.79 Å². The van der Waals surface area contributed by atoms with Gasteiger partial charge in [0.2, 0.25) is 0 Å². The zero-order chi connectivity index (χ0) is 12.5. The van der Waals surface area contributed by atoms with Crippen LogP contribution in [0.25, 0.3) is 0 Å². The summed E-state index contributed by atoms with van der Waals surface area (Å²) in [4.78, 5) is 19.3. The average molecular weight is 348 g/mol. The first-order valence-corrected chi connectivity index (χ1v) is 7.08. The van der Waals surface area contributed by atoms with Crippen molar-refractivity contribution >= 4 is 22.6 Å². The number of H-pyrrole nitrogens is 1. The lowest BCUT2D eigenvalue weighted by Gasteiger charge is -2.32. The number of nitrogens with zero attached hydrogens (tertiary/aromatic N) is 1. The molecule has 2 heterocycles. The van der Waals surface area contributed by atoms with Gasteiger partial charge in [0.05, 0.1) is 9.26 Å². The van der Waals surface area contributed by atoms with Crippen molar-refractivity contribution in [2.24, 2.45) is 0 Å². The van der Waals surface area contributed by atoms with E-state index in [9.17, 15) is 4.79 Å². The standard InChI is InChI=1S/C12H17IN2O2/c1-3-8-9(13)10(16)15-11(14-8)12(2)6-4-5-7-17-12/h3-7H2,1-2H3,(H,14,15,16). The van der Waals surface area contributed by atoms with Crippen LogP contribution in [0, 0.1) is 3.57 Å². The number of nitrogens with one attached hydrogen (secondary N) is 1. The SMILES string of the molecule is CCc1nc(C2(C)CCCCO2)[nH]c(=O)c1I. The highest BCUT2D eigenvalue weighted by molar-refractivity contribution is 14.1. The van der Waals surface area contributed by atoms with E-state index in [0.717, 1.165) is 38.0 Å². The zero-order valence-corrected chi connectivity index (χ0v) is 12.3. The Morgan fingerprint density at radius 3 is 2.88 bits per heavy atom. The van der Waals surface area contributed by atoms with Gasteiger partial charge in [0.25, 0.3) is 5.56 Å². The lowest BCUT2D eigenvalue weighted by atomic mass is 9.95. The Morgan fingerprint density at radius 1 is 1.53 bits per heavy atom. The maximum Gasteiger partial charge on any atom is 0.264 e. The van der Waals surface area contributed by atoms with Crippen LogP contribution in [0.2, 0.25) is 0 Å². The Balaban J connectivity index is 2.45. The van der Waals surface area contributed by atoms with Gasteiger partial charge in [0.1, 0.15) is 11.4 Å². The van der Waals surface area contributed by atoms with E-state index in [1.165, 1.54) is 0 Å². The summed E-state index contributed by atoms with van der Waals surface area (Å²) in [6.45, 7) is 4.77. The third-order valence-corrected chi connectivity index (χ3v) is 4.35. The molecule has 0 radical (unpaired) electrons. The molecule has 17 heavy (non-hydrogen) atoms. The van der Waals surface area contributed by atoms with Crippen molar-refractivity contribution in [1.82, 2.24) is 9.97 Å². The molecule has 1 unspecified atom stereocenters. The van der Waals surface area contributed by atoms with Crippen LogP contribution < -0.4 is 5.56 Å². The van der Waals surface area contributed by atoms with Crippen molar-refractivity contribution in [1.29, 1.82) is 0 Å². The minimum Gasteiger partial charge on any atom is -0.367 e. The number of ether oxygens (including phenoxy) is 1. The molecule has 1 aliphatic heterocycles. The summed E-state index contributed by atoms with van der Waals surface area (Å²) < 4.78 is 6.50. The maximum absolute atomic E-state index is 11.8. The van der Waals surface area contributed by atoms with Crippen LogP contribution in [-0.4, -0.2) is 16.6 Å². The quantitative estimate of drug-likeness (QED) is 0.835. The molecular formula is C12H17IN2O2. The van der Waals surface area contributed by atoms with E-state index in [1.54, 1.807) is 0 Å². The van der Waals surface area contributed by atoms with Crippen molar-refractivity contribution in [3.05, 3.63) is 25.4 Å². The first-order chi connectivity index (χ1) is 8.07. The van der Waals surface area contributed by atoms with Gasteiger partial charge in [-0.2, -0.15) is 0 Å². The summed E-state index contributed by atoms with van der Waals surface area (Å²) in [5.41, 5.74) is 0.383. The lowest BCUT2D eigenvalue weighted by Crippen LogP contribution is -2.35. The maximum atomic E-state index is 11.8. The third-order valence-electron chi connectivity index (χ3n) is 3.24. The molecule has 2 rings (SSSR count). The van der Waals surface area contributed by atoms with Crippen LogP contribution in [0.1, 0.15) is 44.6 Å². The molecule has 5 heteroatoms.